The van der Waals surface area contributed by atoms with Crippen molar-refractivity contribution in [3.8, 4) is 11.5 Å². The van der Waals surface area contributed by atoms with Gasteiger partial charge in [0.2, 0.25) is 0 Å². The van der Waals surface area contributed by atoms with Crippen molar-refractivity contribution in [1.29, 1.82) is 0 Å². The molecule has 1 aliphatic rings. The Morgan fingerprint density at radius 2 is 2.24 bits per heavy atom. The first-order valence-electron chi connectivity index (χ1n) is 5.87. The van der Waals surface area contributed by atoms with E-state index in [1.807, 2.05) is 18.2 Å². The number of rotatable bonds is 4. The molecular weight excluding hydrogens is 236 g/mol. The average molecular weight is 253 g/mol. The maximum absolute atomic E-state index is 5.79. The average Bonchev–Trinajstić information content (AvgIpc) is 2.74. The lowest BCUT2D eigenvalue weighted by molar-refractivity contribution is 0.315. The highest BCUT2D eigenvalue weighted by Crippen LogP contribution is 2.38. The Labute approximate surface area is 107 Å². The number of alkyl halides is 1. The van der Waals surface area contributed by atoms with E-state index in [2.05, 4.69) is 13.8 Å². The largest absolute Gasteiger partial charge is 0.493 e. The standard InChI is InChI=1S/C14H17ClO2/c1-10(2)14-9-11-12(16-8-4-7-15)5-3-6-13(11)17-14/h3,5-6H,4,7-9H2,1-2H3. The summed E-state index contributed by atoms with van der Waals surface area (Å²) in [5.74, 6) is 3.51. The normalized spacial score (nSPS) is 13.2. The van der Waals surface area contributed by atoms with Gasteiger partial charge in [0.25, 0.3) is 0 Å². The van der Waals surface area contributed by atoms with Crippen LogP contribution in [-0.2, 0) is 6.42 Å². The molecule has 3 heteroatoms. The lowest BCUT2D eigenvalue weighted by Gasteiger charge is -2.08. The van der Waals surface area contributed by atoms with Gasteiger partial charge in [-0.15, -0.1) is 11.6 Å². The number of allylic oxidation sites excluding steroid dienone is 2. The molecule has 2 rings (SSSR count). The van der Waals surface area contributed by atoms with Gasteiger partial charge in [-0.05, 0) is 38.0 Å². The van der Waals surface area contributed by atoms with E-state index in [9.17, 15) is 0 Å². The Hall–Kier alpha value is -1.15. The second-order valence-electron chi connectivity index (χ2n) is 4.33. The molecule has 1 heterocycles. The summed E-state index contributed by atoms with van der Waals surface area (Å²) in [7, 11) is 0. The van der Waals surface area contributed by atoms with Crippen LogP contribution in [0.25, 0.3) is 0 Å². The fourth-order valence-corrected chi connectivity index (χ4v) is 1.90. The fourth-order valence-electron chi connectivity index (χ4n) is 1.80. The first-order chi connectivity index (χ1) is 8.22. The van der Waals surface area contributed by atoms with Crippen molar-refractivity contribution in [2.75, 3.05) is 12.5 Å². The molecule has 0 spiro atoms. The second-order valence-corrected chi connectivity index (χ2v) is 4.70. The van der Waals surface area contributed by atoms with Gasteiger partial charge in [-0.2, -0.15) is 0 Å². The molecule has 0 radical (unpaired) electrons. The third-order valence-electron chi connectivity index (χ3n) is 2.75. The Morgan fingerprint density at radius 1 is 1.41 bits per heavy atom. The summed E-state index contributed by atoms with van der Waals surface area (Å²) in [4.78, 5) is 0. The van der Waals surface area contributed by atoms with Crippen LogP contribution in [0.2, 0.25) is 0 Å². The number of ether oxygens (including phenoxy) is 2. The molecule has 0 N–H and O–H groups in total. The zero-order chi connectivity index (χ0) is 12.3. The lowest BCUT2D eigenvalue weighted by Crippen LogP contribution is -1.99. The zero-order valence-electron chi connectivity index (χ0n) is 10.3. The highest BCUT2D eigenvalue weighted by molar-refractivity contribution is 6.17. The first kappa shape index (κ1) is 12.3. The van der Waals surface area contributed by atoms with Gasteiger partial charge in [-0.25, -0.2) is 0 Å². The van der Waals surface area contributed by atoms with Gasteiger partial charge >= 0.3 is 0 Å². The Morgan fingerprint density at radius 3 is 2.94 bits per heavy atom. The van der Waals surface area contributed by atoms with Crippen LogP contribution in [0.3, 0.4) is 0 Å². The van der Waals surface area contributed by atoms with Gasteiger partial charge in [0.1, 0.15) is 17.3 Å². The number of fused-ring (bicyclic) bond motifs is 1. The van der Waals surface area contributed by atoms with E-state index in [1.165, 1.54) is 5.57 Å². The van der Waals surface area contributed by atoms with Crippen LogP contribution in [0.4, 0.5) is 0 Å². The molecule has 0 bridgehead atoms. The smallest absolute Gasteiger partial charge is 0.134 e. The maximum Gasteiger partial charge on any atom is 0.134 e. The van der Waals surface area contributed by atoms with Crippen molar-refractivity contribution in [2.45, 2.75) is 26.7 Å². The summed E-state index contributed by atoms with van der Waals surface area (Å²) < 4.78 is 11.5. The predicted molar refractivity (Wildman–Crippen MR) is 70.0 cm³/mol. The van der Waals surface area contributed by atoms with Gasteiger partial charge in [0.05, 0.1) is 6.61 Å². The van der Waals surface area contributed by atoms with Crippen molar-refractivity contribution < 1.29 is 9.47 Å². The SMILES string of the molecule is CC(C)=C1Cc2c(OCCCCl)cccc2O1. The maximum atomic E-state index is 5.79. The summed E-state index contributed by atoms with van der Waals surface area (Å²) in [5, 5.41) is 0. The summed E-state index contributed by atoms with van der Waals surface area (Å²) in [6.45, 7) is 4.79. The monoisotopic (exact) mass is 252 g/mol. The van der Waals surface area contributed by atoms with Crippen molar-refractivity contribution >= 4 is 11.6 Å². The van der Waals surface area contributed by atoms with E-state index in [1.54, 1.807) is 0 Å². The molecule has 1 aromatic carbocycles. The van der Waals surface area contributed by atoms with Gasteiger partial charge in [-0.3, -0.25) is 0 Å². The molecular formula is C14H17ClO2. The van der Waals surface area contributed by atoms with Crippen LogP contribution in [0.1, 0.15) is 25.8 Å². The molecule has 0 saturated carbocycles. The van der Waals surface area contributed by atoms with Crippen molar-refractivity contribution in [2.24, 2.45) is 0 Å². The topological polar surface area (TPSA) is 18.5 Å². The molecule has 1 aromatic rings. The molecule has 0 saturated heterocycles. The summed E-state index contributed by atoms with van der Waals surface area (Å²) in [6.07, 6.45) is 1.69. The van der Waals surface area contributed by atoms with Crippen LogP contribution in [0.5, 0.6) is 11.5 Å². The van der Waals surface area contributed by atoms with Gasteiger partial charge in [0.15, 0.2) is 0 Å². The Kier molecular flexibility index (Phi) is 3.95. The fraction of sp³-hybridized carbons (Fsp3) is 0.429. The molecule has 0 amide bonds. The minimum atomic E-state index is 0.630. The summed E-state index contributed by atoms with van der Waals surface area (Å²) in [6, 6.07) is 5.94. The van der Waals surface area contributed by atoms with Crippen LogP contribution in [0, 0.1) is 0 Å². The zero-order valence-corrected chi connectivity index (χ0v) is 11.0. The van der Waals surface area contributed by atoms with E-state index in [4.69, 9.17) is 21.1 Å². The summed E-state index contributed by atoms with van der Waals surface area (Å²) >= 11 is 5.64. The molecule has 0 atom stereocenters. The number of hydrogen-bond donors (Lipinski definition) is 0. The first-order valence-corrected chi connectivity index (χ1v) is 6.40. The molecule has 0 unspecified atom stereocenters. The number of halogens is 1. The van der Waals surface area contributed by atoms with Gasteiger partial charge < -0.3 is 9.47 Å². The van der Waals surface area contributed by atoms with Crippen molar-refractivity contribution in [1.82, 2.24) is 0 Å². The molecule has 0 aromatic heterocycles. The highest BCUT2D eigenvalue weighted by Gasteiger charge is 2.21. The predicted octanol–water partition coefficient (Wildman–Crippen LogP) is 3.92. The molecule has 92 valence electrons. The molecule has 2 nitrogen and oxygen atoms in total. The lowest BCUT2D eigenvalue weighted by atomic mass is 10.1. The third kappa shape index (κ3) is 2.75. The molecule has 0 aliphatic carbocycles. The van der Waals surface area contributed by atoms with E-state index < -0.39 is 0 Å². The van der Waals surface area contributed by atoms with Crippen molar-refractivity contribution in [3.05, 3.63) is 35.1 Å². The Balaban J connectivity index is 2.17. The molecule has 0 fully saturated rings. The minimum absolute atomic E-state index is 0.630. The van der Waals surface area contributed by atoms with E-state index in [0.717, 1.165) is 35.7 Å². The second kappa shape index (κ2) is 5.46. The Bertz CT molecular complexity index is 434. The van der Waals surface area contributed by atoms with E-state index >= 15 is 0 Å². The quantitative estimate of drug-likeness (QED) is 0.597. The van der Waals surface area contributed by atoms with Crippen LogP contribution >= 0.6 is 11.6 Å². The summed E-state index contributed by atoms with van der Waals surface area (Å²) in [5.41, 5.74) is 2.37. The van der Waals surface area contributed by atoms with E-state index in [0.29, 0.717) is 12.5 Å². The van der Waals surface area contributed by atoms with Crippen LogP contribution < -0.4 is 9.47 Å². The molecule has 17 heavy (non-hydrogen) atoms. The van der Waals surface area contributed by atoms with Crippen LogP contribution in [0.15, 0.2) is 29.5 Å². The van der Waals surface area contributed by atoms with Gasteiger partial charge in [0, 0.05) is 17.9 Å². The minimum Gasteiger partial charge on any atom is -0.493 e. The number of benzene rings is 1. The molecule has 1 aliphatic heterocycles. The highest BCUT2D eigenvalue weighted by atomic mass is 35.5. The third-order valence-corrected chi connectivity index (χ3v) is 3.02. The van der Waals surface area contributed by atoms with Crippen LogP contribution in [-0.4, -0.2) is 12.5 Å². The van der Waals surface area contributed by atoms with Gasteiger partial charge in [-0.1, -0.05) is 6.07 Å². The number of hydrogen-bond acceptors (Lipinski definition) is 2. The van der Waals surface area contributed by atoms with E-state index in [-0.39, 0.29) is 0 Å². The van der Waals surface area contributed by atoms with Crippen molar-refractivity contribution in [3.63, 3.8) is 0 Å².